The van der Waals surface area contributed by atoms with Gasteiger partial charge in [0.2, 0.25) is 0 Å². The van der Waals surface area contributed by atoms with Gasteiger partial charge in [0.05, 0.1) is 0 Å². The minimum atomic E-state index is -5.69. The highest BCUT2D eigenvalue weighted by molar-refractivity contribution is 5.82. The number of hydrogen-bond acceptors (Lipinski definition) is 2. The molecule has 0 radical (unpaired) electrons. The van der Waals surface area contributed by atoms with E-state index in [0.717, 1.165) is 6.42 Å². The van der Waals surface area contributed by atoms with Gasteiger partial charge in [0.15, 0.2) is 0 Å². The van der Waals surface area contributed by atoms with Crippen LogP contribution in [0, 0.1) is 17.3 Å². The first-order valence-electron chi connectivity index (χ1n) is 6.34. The highest BCUT2D eigenvalue weighted by Gasteiger charge is 2.60. The van der Waals surface area contributed by atoms with E-state index in [2.05, 4.69) is 4.74 Å². The fraction of sp³-hybridized carbons (Fsp3) is 0.769. The van der Waals surface area contributed by atoms with Gasteiger partial charge in [-0.05, 0) is 17.3 Å². The predicted octanol–water partition coefficient (Wildman–Crippen LogP) is 4.26. The molecule has 1 aliphatic rings. The van der Waals surface area contributed by atoms with Gasteiger partial charge in [-0.15, -0.1) is 0 Å². The lowest BCUT2D eigenvalue weighted by Crippen LogP contribution is -2.45. The van der Waals surface area contributed by atoms with E-state index in [1.165, 1.54) is 6.08 Å². The highest BCUT2D eigenvalue weighted by Crippen LogP contribution is 2.60. The fourth-order valence-electron chi connectivity index (χ4n) is 2.61. The minimum absolute atomic E-state index is 0.0507. The van der Waals surface area contributed by atoms with Crippen LogP contribution in [-0.4, -0.2) is 24.4 Å². The second kappa shape index (κ2) is 5.53. The standard InChI is InChI=1S/C13H16F6O2/c1-4-7-8(11(7,2)3)5-6-9(20)21-10(12(14,15)16)13(17,18)19/h5-8,10H,4H2,1-3H3/b6-5+. The molecular formula is C13H16F6O2. The third-order valence-electron chi connectivity index (χ3n) is 3.85. The number of allylic oxidation sites excluding steroid dienone is 1. The minimum Gasteiger partial charge on any atom is -0.440 e. The van der Waals surface area contributed by atoms with Gasteiger partial charge in [-0.25, -0.2) is 4.79 Å². The van der Waals surface area contributed by atoms with Crippen LogP contribution in [-0.2, 0) is 9.53 Å². The molecule has 2 atom stereocenters. The van der Waals surface area contributed by atoms with Crippen molar-refractivity contribution in [3.63, 3.8) is 0 Å². The van der Waals surface area contributed by atoms with E-state index in [-0.39, 0.29) is 17.3 Å². The number of carbonyl (C=O) groups excluding carboxylic acids is 1. The maximum Gasteiger partial charge on any atom is 0.434 e. The highest BCUT2D eigenvalue weighted by atomic mass is 19.4. The summed E-state index contributed by atoms with van der Waals surface area (Å²) in [7, 11) is 0. The van der Waals surface area contributed by atoms with Crippen LogP contribution < -0.4 is 0 Å². The Morgan fingerprint density at radius 2 is 1.67 bits per heavy atom. The van der Waals surface area contributed by atoms with Crippen molar-refractivity contribution in [3.05, 3.63) is 12.2 Å². The molecule has 0 heterocycles. The smallest absolute Gasteiger partial charge is 0.434 e. The molecule has 0 N–H and O–H groups in total. The summed E-state index contributed by atoms with van der Waals surface area (Å²) in [6, 6.07) is 0. The van der Waals surface area contributed by atoms with Gasteiger partial charge in [-0.3, -0.25) is 0 Å². The first kappa shape index (κ1) is 17.8. The van der Waals surface area contributed by atoms with Crippen molar-refractivity contribution in [1.82, 2.24) is 0 Å². The Labute approximate surface area is 118 Å². The van der Waals surface area contributed by atoms with Crippen LogP contribution in [0.25, 0.3) is 0 Å². The summed E-state index contributed by atoms with van der Waals surface area (Å²) in [5.41, 5.74) is -0.112. The zero-order valence-corrected chi connectivity index (χ0v) is 11.7. The SMILES string of the molecule is CCC1C(/C=C/C(=O)OC(C(F)(F)F)C(F)(F)F)C1(C)C. The number of carbonyl (C=O) groups is 1. The molecule has 0 aromatic heterocycles. The third-order valence-corrected chi connectivity index (χ3v) is 3.85. The molecule has 0 aliphatic heterocycles. The number of esters is 1. The largest absolute Gasteiger partial charge is 0.440 e. The lowest BCUT2D eigenvalue weighted by atomic mass is 10.1. The summed E-state index contributed by atoms with van der Waals surface area (Å²) in [5.74, 6) is -1.44. The summed E-state index contributed by atoms with van der Waals surface area (Å²) in [5, 5.41) is 0. The van der Waals surface area contributed by atoms with Gasteiger partial charge in [-0.2, -0.15) is 26.3 Å². The number of ether oxygens (including phenoxy) is 1. The Bertz CT molecular complexity index is 407. The van der Waals surface area contributed by atoms with Gasteiger partial charge in [0.25, 0.3) is 6.10 Å². The molecule has 0 spiro atoms. The molecule has 0 amide bonds. The van der Waals surface area contributed by atoms with Crippen LogP contribution in [0.4, 0.5) is 26.3 Å². The summed E-state index contributed by atoms with van der Waals surface area (Å²) in [6.45, 7) is 5.74. The average Bonchev–Trinajstić information content (AvgIpc) is 2.81. The molecule has 0 aromatic carbocycles. The molecule has 2 nitrogen and oxygen atoms in total. The van der Waals surface area contributed by atoms with Crippen LogP contribution in [0.3, 0.4) is 0 Å². The maximum atomic E-state index is 12.2. The second-order valence-electron chi connectivity index (χ2n) is 5.62. The van der Waals surface area contributed by atoms with Gasteiger partial charge in [-0.1, -0.05) is 33.3 Å². The lowest BCUT2D eigenvalue weighted by Gasteiger charge is -2.22. The van der Waals surface area contributed by atoms with Crippen molar-refractivity contribution < 1.29 is 35.9 Å². The van der Waals surface area contributed by atoms with Crippen LogP contribution in [0.1, 0.15) is 27.2 Å². The summed E-state index contributed by atoms with van der Waals surface area (Å²) in [6.07, 6.45) is -12.7. The molecule has 21 heavy (non-hydrogen) atoms. The van der Waals surface area contributed by atoms with Crippen LogP contribution in [0.5, 0.6) is 0 Å². The van der Waals surface area contributed by atoms with E-state index in [1.54, 1.807) is 0 Å². The van der Waals surface area contributed by atoms with E-state index in [1.807, 2.05) is 20.8 Å². The summed E-state index contributed by atoms with van der Waals surface area (Å²) < 4.78 is 76.8. The van der Waals surface area contributed by atoms with Crippen molar-refractivity contribution in [2.24, 2.45) is 17.3 Å². The quantitative estimate of drug-likeness (QED) is 0.440. The van der Waals surface area contributed by atoms with Gasteiger partial charge >= 0.3 is 18.3 Å². The van der Waals surface area contributed by atoms with Crippen molar-refractivity contribution in [1.29, 1.82) is 0 Å². The first-order chi connectivity index (χ1) is 9.31. The number of rotatable bonds is 4. The van der Waals surface area contributed by atoms with Crippen molar-refractivity contribution in [3.8, 4) is 0 Å². The number of alkyl halides is 6. The molecule has 0 aromatic rings. The van der Waals surface area contributed by atoms with E-state index >= 15 is 0 Å². The Morgan fingerprint density at radius 1 is 1.19 bits per heavy atom. The van der Waals surface area contributed by atoms with E-state index in [9.17, 15) is 31.1 Å². The zero-order valence-electron chi connectivity index (χ0n) is 11.7. The monoisotopic (exact) mass is 318 g/mol. The summed E-state index contributed by atoms with van der Waals surface area (Å²) >= 11 is 0. The topological polar surface area (TPSA) is 26.3 Å². The van der Waals surface area contributed by atoms with E-state index in [0.29, 0.717) is 6.08 Å². The molecule has 0 saturated heterocycles. The summed E-state index contributed by atoms with van der Waals surface area (Å²) in [4.78, 5) is 11.2. The van der Waals surface area contributed by atoms with Gasteiger partial charge < -0.3 is 4.74 Å². The van der Waals surface area contributed by atoms with Crippen LogP contribution in [0.2, 0.25) is 0 Å². The molecular weight excluding hydrogens is 302 g/mol. The van der Waals surface area contributed by atoms with Crippen molar-refractivity contribution in [2.45, 2.75) is 45.6 Å². The van der Waals surface area contributed by atoms with E-state index < -0.39 is 24.4 Å². The Hall–Kier alpha value is -1.21. The molecule has 0 bridgehead atoms. The molecule has 122 valence electrons. The van der Waals surface area contributed by atoms with Crippen LogP contribution >= 0.6 is 0 Å². The third kappa shape index (κ3) is 4.14. The van der Waals surface area contributed by atoms with Gasteiger partial charge in [0, 0.05) is 6.08 Å². The zero-order chi connectivity index (χ0) is 16.6. The van der Waals surface area contributed by atoms with Gasteiger partial charge in [0.1, 0.15) is 0 Å². The molecule has 1 fully saturated rings. The second-order valence-corrected chi connectivity index (χ2v) is 5.62. The Morgan fingerprint density at radius 3 is 2.00 bits per heavy atom. The van der Waals surface area contributed by atoms with E-state index in [4.69, 9.17) is 0 Å². The fourth-order valence-corrected chi connectivity index (χ4v) is 2.61. The normalized spacial score (nSPS) is 25.4. The maximum absolute atomic E-state index is 12.2. The average molecular weight is 318 g/mol. The molecule has 8 heteroatoms. The Kier molecular flexibility index (Phi) is 4.70. The number of halogens is 6. The Balaban J connectivity index is 2.69. The predicted molar refractivity (Wildman–Crippen MR) is 62.2 cm³/mol. The van der Waals surface area contributed by atoms with Crippen LogP contribution in [0.15, 0.2) is 12.2 Å². The molecule has 1 saturated carbocycles. The van der Waals surface area contributed by atoms with Crippen molar-refractivity contribution >= 4 is 5.97 Å². The molecule has 1 aliphatic carbocycles. The first-order valence-corrected chi connectivity index (χ1v) is 6.34. The lowest BCUT2D eigenvalue weighted by molar-refractivity contribution is -0.312. The molecule has 2 unspecified atom stereocenters. The molecule has 1 rings (SSSR count). The van der Waals surface area contributed by atoms with Crippen molar-refractivity contribution in [2.75, 3.05) is 0 Å². The number of hydrogen-bond donors (Lipinski definition) is 0.